The molecule has 0 radical (unpaired) electrons. The predicted octanol–water partition coefficient (Wildman–Crippen LogP) is 9.78. The number of hydrogen-bond donors (Lipinski definition) is 0. The molecule has 0 fully saturated rings. The van der Waals surface area contributed by atoms with Crippen LogP contribution in [0.1, 0.15) is 159 Å². The standard InChI is InChI=1S/C27H40O3.C4H10.C3H8/c1-8-10-21(22(9-2)25(29)12-18(6)28)13-20-14-24-23(16(3)4)11-17(5)19(7)27(24)26(30)15-20;1-3-4-2;1-3-2/h11,16,20-22H,8-10,12-15H2,1-7H3;3-4H2,1-2H3;3H2,1-2H3. The van der Waals surface area contributed by atoms with Crippen LogP contribution in [0.4, 0.5) is 0 Å². The van der Waals surface area contributed by atoms with E-state index in [1.807, 2.05) is 0 Å². The zero-order valence-electron chi connectivity index (χ0n) is 26.2. The Morgan fingerprint density at radius 1 is 0.946 bits per heavy atom. The molecule has 1 aromatic rings. The second-order valence-corrected chi connectivity index (χ2v) is 11.5. The minimum atomic E-state index is -0.0744. The summed E-state index contributed by atoms with van der Waals surface area (Å²) in [5, 5.41) is 0. The fraction of sp³-hybridized carbons (Fsp3) is 0.735. The monoisotopic (exact) mass is 514 g/mol. The molecule has 0 amide bonds. The van der Waals surface area contributed by atoms with Gasteiger partial charge >= 0.3 is 0 Å². The average molecular weight is 515 g/mol. The second-order valence-electron chi connectivity index (χ2n) is 11.5. The second kappa shape index (κ2) is 18.5. The number of Topliss-reactive ketones (excluding diaryl/α,β-unsaturated/α-hetero) is 3. The summed E-state index contributed by atoms with van der Waals surface area (Å²) < 4.78 is 0. The SMILES string of the molecule is CCC.CCCC.CCCC(CC1CC(=O)c2c(C)c(C)cc(C(C)C)c2C1)C(CC)C(=O)CC(C)=O. The molecule has 1 aromatic carbocycles. The molecule has 0 bridgehead atoms. The smallest absolute Gasteiger partial charge is 0.163 e. The van der Waals surface area contributed by atoms with Crippen molar-refractivity contribution in [2.24, 2.45) is 17.8 Å². The van der Waals surface area contributed by atoms with Gasteiger partial charge in [0.2, 0.25) is 0 Å². The van der Waals surface area contributed by atoms with Crippen LogP contribution in [0.15, 0.2) is 6.07 Å². The van der Waals surface area contributed by atoms with Crippen molar-refractivity contribution in [3.63, 3.8) is 0 Å². The Hall–Kier alpha value is -1.77. The zero-order chi connectivity index (χ0) is 28.7. The Kier molecular flexibility index (Phi) is 17.6. The molecule has 0 saturated heterocycles. The number of rotatable bonds is 11. The molecule has 0 heterocycles. The first-order chi connectivity index (χ1) is 17.4. The van der Waals surface area contributed by atoms with Crippen molar-refractivity contribution in [3.8, 4) is 0 Å². The lowest BCUT2D eigenvalue weighted by Crippen LogP contribution is -2.30. The van der Waals surface area contributed by atoms with Crippen LogP contribution >= 0.6 is 0 Å². The van der Waals surface area contributed by atoms with Crippen LogP contribution in [-0.4, -0.2) is 17.3 Å². The van der Waals surface area contributed by atoms with Gasteiger partial charge in [0.05, 0.1) is 6.42 Å². The van der Waals surface area contributed by atoms with E-state index >= 15 is 0 Å². The van der Waals surface area contributed by atoms with E-state index in [2.05, 4.69) is 75.3 Å². The van der Waals surface area contributed by atoms with Crippen LogP contribution in [0.3, 0.4) is 0 Å². The van der Waals surface area contributed by atoms with Gasteiger partial charge in [0.1, 0.15) is 11.6 Å². The molecule has 3 unspecified atom stereocenters. The van der Waals surface area contributed by atoms with Crippen molar-refractivity contribution in [2.45, 2.75) is 146 Å². The number of ketones is 3. The van der Waals surface area contributed by atoms with Gasteiger partial charge in [0.15, 0.2) is 5.78 Å². The molecular weight excluding hydrogens is 456 g/mol. The summed E-state index contributed by atoms with van der Waals surface area (Å²) in [6, 6.07) is 2.27. The van der Waals surface area contributed by atoms with E-state index < -0.39 is 0 Å². The number of benzene rings is 1. The van der Waals surface area contributed by atoms with Crippen molar-refractivity contribution in [2.75, 3.05) is 0 Å². The van der Waals surface area contributed by atoms with Crippen LogP contribution in [0.5, 0.6) is 0 Å². The molecule has 1 aliphatic rings. The highest BCUT2D eigenvalue weighted by molar-refractivity contribution is 6.01. The van der Waals surface area contributed by atoms with E-state index in [1.54, 1.807) is 0 Å². The minimum absolute atomic E-state index is 0.0428. The Labute approximate surface area is 229 Å². The first kappa shape index (κ1) is 35.2. The highest BCUT2D eigenvalue weighted by atomic mass is 16.1. The van der Waals surface area contributed by atoms with E-state index in [4.69, 9.17) is 0 Å². The average Bonchev–Trinajstić information content (AvgIpc) is 2.81. The van der Waals surface area contributed by atoms with E-state index in [0.717, 1.165) is 43.2 Å². The van der Waals surface area contributed by atoms with Gasteiger partial charge in [-0.25, -0.2) is 0 Å². The number of fused-ring (bicyclic) bond motifs is 1. The van der Waals surface area contributed by atoms with Crippen LogP contribution in [-0.2, 0) is 16.0 Å². The van der Waals surface area contributed by atoms with Crippen LogP contribution in [0.25, 0.3) is 0 Å². The van der Waals surface area contributed by atoms with Gasteiger partial charge in [-0.2, -0.15) is 0 Å². The first-order valence-electron chi connectivity index (χ1n) is 15.1. The molecule has 37 heavy (non-hydrogen) atoms. The quantitative estimate of drug-likeness (QED) is 0.276. The Morgan fingerprint density at radius 2 is 1.51 bits per heavy atom. The van der Waals surface area contributed by atoms with E-state index in [-0.39, 0.29) is 41.5 Å². The van der Waals surface area contributed by atoms with Gasteiger partial charge in [-0.1, -0.05) is 93.6 Å². The Bertz CT molecular complexity index is 847. The zero-order valence-corrected chi connectivity index (χ0v) is 26.2. The molecule has 212 valence electrons. The van der Waals surface area contributed by atoms with E-state index in [9.17, 15) is 14.4 Å². The molecule has 0 aliphatic heterocycles. The number of aryl methyl sites for hydroxylation is 1. The lowest BCUT2D eigenvalue weighted by atomic mass is 9.70. The van der Waals surface area contributed by atoms with Crippen LogP contribution < -0.4 is 0 Å². The maximum absolute atomic E-state index is 13.2. The van der Waals surface area contributed by atoms with Crippen molar-refractivity contribution >= 4 is 17.3 Å². The van der Waals surface area contributed by atoms with Crippen molar-refractivity contribution in [1.29, 1.82) is 0 Å². The number of carbonyl (C=O) groups excluding carboxylic acids is 3. The minimum Gasteiger partial charge on any atom is -0.300 e. The Morgan fingerprint density at radius 3 is 1.95 bits per heavy atom. The molecule has 3 atom stereocenters. The van der Waals surface area contributed by atoms with Crippen molar-refractivity contribution in [1.82, 2.24) is 0 Å². The van der Waals surface area contributed by atoms with Gasteiger partial charge in [0, 0.05) is 17.9 Å². The summed E-state index contributed by atoms with van der Waals surface area (Å²) in [6.45, 7) is 22.9. The third-order valence-corrected chi connectivity index (χ3v) is 7.50. The van der Waals surface area contributed by atoms with Crippen molar-refractivity contribution < 1.29 is 14.4 Å². The van der Waals surface area contributed by atoms with Gasteiger partial charge in [-0.05, 0) is 80.0 Å². The highest BCUT2D eigenvalue weighted by Crippen LogP contribution is 2.39. The number of carbonyl (C=O) groups is 3. The lowest BCUT2D eigenvalue weighted by Gasteiger charge is -2.33. The van der Waals surface area contributed by atoms with Gasteiger partial charge in [-0.3, -0.25) is 14.4 Å². The molecule has 1 aliphatic carbocycles. The van der Waals surface area contributed by atoms with Gasteiger partial charge in [0.25, 0.3) is 0 Å². The molecule has 0 N–H and O–H groups in total. The predicted molar refractivity (Wildman–Crippen MR) is 160 cm³/mol. The summed E-state index contributed by atoms with van der Waals surface area (Å²) in [5.74, 6) is 1.14. The summed E-state index contributed by atoms with van der Waals surface area (Å²) in [6.07, 6.45) is 9.08. The third-order valence-electron chi connectivity index (χ3n) is 7.50. The third kappa shape index (κ3) is 11.2. The van der Waals surface area contributed by atoms with Crippen LogP contribution in [0.2, 0.25) is 0 Å². The molecular formula is C34H58O3. The first-order valence-corrected chi connectivity index (χ1v) is 15.1. The largest absolute Gasteiger partial charge is 0.300 e. The fourth-order valence-corrected chi connectivity index (χ4v) is 5.48. The molecule has 0 spiro atoms. The van der Waals surface area contributed by atoms with Crippen LogP contribution in [0, 0.1) is 31.6 Å². The fourth-order valence-electron chi connectivity index (χ4n) is 5.48. The molecule has 3 nitrogen and oxygen atoms in total. The van der Waals surface area contributed by atoms with E-state index in [1.165, 1.54) is 42.9 Å². The molecule has 2 rings (SSSR count). The molecule has 3 heteroatoms. The van der Waals surface area contributed by atoms with Crippen molar-refractivity contribution in [3.05, 3.63) is 33.9 Å². The molecule has 0 aromatic heterocycles. The normalized spacial score (nSPS) is 16.1. The molecule has 0 saturated carbocycles. The van der Waals surface area contributed by atoms with Gasteiger partial charge < -0.3 is 0 Å². The summed E-state index contributed by atoms with van der Waals surface area (Å²) in [4.78, 5) is 37.5. The summed E-state index contributed by atoms with van der Waals surface area (Å²) in [5.41, 5.74) is 5.84. The topological polar surface area (TPSA) is 51.2 Å². The number of hydrogen-bond acceptors (Lipinski definition) is 3. The maximum atomic E-state index is 13.2. The summed E-state index contributed by atoms with van der Waals surface area (Å²) >= 11 is 0. The Balaban J connectivity index is 0.00000165. The van der Waals surface area contributed by atoms with E-state index in [0.29, 0.717) is 12.3 Å². The lowest BCUT2D eigenvalue weighted by molar-refractivity contribution is -0.129. The number of unbranched alkanes of at least 4 members (excludes halogenated alkanes) is 1. The van der Waals surface area contributed by atoms with Gasteiger partial charge in [-0.15, -0.1) is 0 Å². The maximum Gasteiger partial charge on any atom is 0.163 e. The highest BCUT2D eigenvalue weighted by Gasteiger charge is 2.34. The summed E-state index contributed by atoms with van der Waals surface area (Å²) in [7, 11) is 0.